The van der Waals surface area contributed by atoms with Gasteiger partial charge in [0.1, 0.15) is 18.0 Å². The summed E-state index contributed by atoms with van der Waals surface area (Å²) in [5.74, 6) is 1.70. The summed E-state index contributed by atoms with van der Waals surface area (Å²) in [6.07, 6.45) is 1.50. The van der Waals surface area contributed by atoms with Crippen LogP contribution in [0.3, 0.4) is 0 Å². The SMILES string of the molecule is Cc1ccc(CNc2ncnc(N)c2C(C)C)s1. The molecule has 0 saturated heterocycles. The highest BCUT2D eigenvalue weighted by Crippen LogP contribution is 2.27. The van der Waals surface area contributed by atoms with Crippen molar-refractivity contribution in [2.24, 2.45) is 0 Å². The summed E-state index contributed by atoms with van der Waals surface area (Å²) in [5, 5.41) is 3.34. The summed E-state index contributed by atoms with van der Waals surface area (Å²) in [5.41, 5.74) is 6.90. The first kappa shape index (κ1) is 12.8. The summed E-state index contributed by atoms with van der Waals surface area (Å²) >= 11 is 1.79. The number of hydrogen-bond acceptors (Lipinski definition) is 5. The molecule has 0 atom stereocenters. The molecule has 2 heterocycles. The summed E-state index contributed by atoms with van der Waals surface area (Å²) in [6, 6.07) is 4.26. The van der Waals surface area contributed by atoms with Crippen LogP contribution in [0.1, 0.15) is 35.1 Å². The maximum absolute atomic E-state index is 5.91. The maximum atomic E-state index is 5.91. The molecular weight excluding hydrogens is 244 g/mol. The number of aromatic nitrogens is 2. The average Bonchev–Trinajstić information content (AvgIpc) is 2.72. The van der Waals surface area contributed by atoms with Crippen molar-refractivity contribution in [1.29, 1.82) is 0 Å². The zero-order valence-corrected chi connectivity index (χ0v) is 11.7. The molecule has 0 radical (unpaired) electrons. The molecule has 0 aliphatic rings. The van der Waals surface area contributed by atoms with Gasteiger partial charge in [0.05, 0.1) is 6.54 Å². The highest BCUT2D eigenvalue weighted by molar-refractivity contribution is 7.11. The Morgan fingerprint density at radius 2 is 2.11 bits per heavy atom. The van der Waals surface area contributed by atoms with Crippen LogP contribution in [0.4, 0.5) is 11.6 Å². The molecule has 0 aromatic carbocycles. The minimum Gasteiger partial charge on any atom is -0.383 e. The smallest absolute Gasteiger partial charge is 0.135 e. The Kier molecular flexibility index (Phi) is 3.81. The molecule has 18 heavy (non-hydrogen) atoms. The van der Waals surface area contributed by atoms with Gasteiger partial charge < -0.3 is 11.1 Å². The molecule has 0 unspecified atom stereocenters. The number of nitrogens with one attached hydrogen (secondary N) is 1. The van der Waals surface area contributed by atoms with Gasteiger partial charge in [-0.25, -0.2) is 9.97 Å². The second-order valence-electron chi connectivity index (χ2n) is 4.54. The largest absolute Gasteiger partial charge is 0.383 e. The lowest BCUT2D eigenvalue weighted by molar-refractivity contribution is 0.850. The van der Waals surface area contributed by atoms with Crippen molar-refractivity contribution in [3.05, 3.63) is 33.8 Å². The number of nitrogen functional groups attached to an aromatic ring is 1. The van der Waals surface area contributed by atoms with Crippen LogP contribution in [-0.2, 0) is 6.54 Å². The fourth-order valence-electron chi connectivity index (χ4n) is 1.87. The molecule has 2 aromatic rings. The number of thiophene rings is 1. The number of anilines is 2. The molecule has 0 aliphatic carbocycles. The van der Waals surface area contributed by atoms with E-state index in [0.29, 0.717) is 11.7 Å². The predicted molar refractivity (Wildman–Crippen MR) is 76.9 cm³/mol. The molecule has 4 nitrogen and oxygen atoms in total. The van der Waals surface area contributed by atoms with Gasteiger partial charge in [0.25, 0.3) is 0 Å². The van der Waals surface area contributed by atoms with E-state index in [2.05, 4.69) is 48.2 Å². The first-order chi connectivity index (χ1) is 8.58. The van der Waals surface area contributed by atoms with Crippen molar-refractivity contribution in [2.75, 3.05) is 11.1 Å². The number of rotatable bonds is 4. The van der Waals surface area contributed by atoms with Crippen molar-refractivity contribution >= 4 is 23.0 Å². The fraction of sp³-hybridized carbons (Fsp3) is 0.385. The molecule has 96 valence electrons. The van der Waals surface area contributed by atoms with E-state index in [0.717, 1.165) is 17.9 Å². The average molecular weight is 262 g/mol. The fourth-order valence-corrected chi connectivity index (χ4v) is 2.70. The molecule has 0 fully saturated rings. The Morgan fingerprint density at radius 3 is 2.72 bits per heavy atom. The first-order valence-corrected chi connectivity index (χ1v) is 6.79. The number of hydrogen-bond donors (Lipinski definition) is 2. The highest BCUT2D eigenvalue weighted by Gasteiger charge is 2.12. The summed E-state index contributed by atoms with van der Waals surface area (Å²) < 4.78 is 0. The topological polar surface area (TPSA) is 63.8 Å². The van der Waals surface area contributed by atoms with Crippen LogP contribution in [0.2, 0.25) is 0 Å². The van der Waals surface area contributed by atoms with Gasteiger partial charge in [0.15, 0.2) is 0 Å². The third-order valence-electron chi connectivity index (χ3n) is 2.72. The van der Waals surface area contributed by atoms with Crippen molar-refractivity contribution in [3.63, 3.8) is 0 Å². The van der Waals surface area contributed by atoms with Gasteiger partial charge in [-0.05, 0) is 25.0 Å². The third kappa shape index (κ3) is 2.79. The Bertz CT molecular complexity index is 534. The van der Waals surface area contributed by atoms with E-state index in [1.54, 1.807) is 11.3 Å². The molecule has 2 aromatic heterocycles. The van der Waals surface area contributed by atoms with Crippen LogP contribution in [0.5, 0.6) is 0 Å². The van der Waals surface area contributed by atoms with Gasteiger partial charge in [-0.2, -0.15) is 0 Å². The third-order valence-corrected chi connectivity index (χ3v) is 3.72. The van der Waals surface area contributed by atoms with E-state index in [4.69, 9.17) is 5.73 Å². The van der Waals surface area contributed by atoms with Crippen molar-refractivity contribution in [2.45, 2.75) is 33.2 Å². The van der Waals surface area contributed by atoms with Crippen LogP contribution in [-0.4, -0.2) is 9.97 Å². The number of nitrogens with zero attached hydrogens (tertiary/aromatic N) is 2. The lowest BCUT2D eigenvalue weighted by Crippen LogP contribution is -2.08. The van der Waals surface area contributed by atoms with Gasteiger partial charge in [-0.15, -0.1) is 11.3 Å². The standard InChI is InChI=1S/C13H18N4S/c1-8(2)11-12(14)16-7-17-13(11)15-6-10-5-4-9(3)18-10/h4-5,7-8H,6H2,1-3H3,(H3,14,15,16,17). The molecule has 2 rings (SSSR count). The minimum absolute atomic E-state index is 0.304. The van der Waals surface area contributed by atoms with Crippen LogP contribution in [0.15, 0.2) is 18.5 Å². The predicted octanol–water partition coefficient (Wildman–Crippen LogP) is 3.16. The number of nitrogens with two attached hydrogens (primary N) is 1. The monoisotopic (exact) mass is 262 g/mol. The van der Waals surface area contributed by atoms with Crippen LogP contribution in [0, 0.1) is 6.92 Å². The Morgan fingerprint density at radius 1 is 1.33 bits per heavy atom. The lowest BCUT2D eigenvalue weighted by Gasteiger charge is -2.14. The zero-order chi connectivity index (χ0) is 13.1. The van der Waals surface area contributed by atoms with E-state index in [9.17, 15) is 0 Å². The summed E-state index contributed by atoms with van der Waals surface area (Å²) in [6.45, 7) is 7.07. The zero-order valence-electron chi connectivity index (χ0n) is 10.9. The van der Waals surface area contributed by atoms with Crippen molar-refractivity contribution in [3.8, 4) is 0 Å². The van der Waals surface area contributed by atoms with E-state index in [1.165, 1.54) is 16.1 Å². The van der Waals surface area contributed by atoms with E-state index in [1.807, 2.05) is 0 Å². The molecule has 0 spiro atoms. The first-order valence-electron chi connectivity index (χ1n) is 5.97. The van der Waals surface area contributed by atoms with E-state index < -0.39 is 0 Å². The molecule has 3 N–H and O–H groups in total. The van der Waals surface area contributed by atoms with Gasteiger partial charge in [-0.1, -0.05) is 13.8 Å². The molecule has 0 bridgehead atoms. The van der Waals surface area contributed by atoms with Gasteiger partial charge >= 0.3 is 0 Å². The van der Waals surface area contributed by atoms with Crippen LogP contribution >= 0.6 is 11.3 Å². The Balaban J connectivity index is 2.16. The molecular formula is C13H18N4S. The Labute approximate surface area is 111 Å². The minimum atomic E-state index is 0.304. The van der Waals surface area contributed by atoms with Crippen molar-refractivity contribution < 1.29 is 0 Å². The van der Waals surface area contributed by atoms with E-state index in [-0.39, 0.29) is 0 Å². The molecule has 0 aliphatic heterocycles. The van der Waals surface area contributed by atoms with Gasteiger partial charge in [0, 0.05) is 15.3 Å². The second kappa shape index (κ2) is 5.35. The lowest BCUT2D eigenvalue weighted by atomic mass is 10.0. The number of aryl methyl sites for hydroxylation is 1. The normalized spacial score (nSPS) is 10.9. The highest BCUT2D eigenvalue weighted by atomic mass is 32.1. The molecule has 0 amide bonds. The quantitative estimate of drug-likeness (QED) is 0.888. The molecule has 0 saturated carbocycles. The van der Waals surface area contributed by atoms with Gasteiger partial charge in [-0.3, -0.25) is 0 Å². The Hall–Kier alpha value is -1.62. The van der Waals surface area contributed by atoms with Gasteiger partial charge in [0.2, 0.25) is 0 Å². The summed E-state index contributed by atoms with van der Waals surface area (Å²) in [4.78, 5) is 10.9. The van der Waals surface area contributed by atoms with E-state index >= 15 is 0 Å². The summed E-state index contributed by atoms with van der Waals surface area (Å²) in [7, 11) is 0. The second-order valence-corrected chi connectivity index (χ2v) is 5.91. The van der Waals surface area contributed by atoms with Crippen molar-refractivity contribution in [1.82, 2.24) is 9.97 Å². The molecule has 5 heteroatoms. The van der Waals surface area contributed by atoms with Crippen LogP contribution in [0.25, 0.3) is 0 Å². The van der Waals surface area contributed by atoms with Crippen LogP contribution < -0.4 is 11.1 Å². The maximum Gasteiger partial charge on any atom is 0.135 e.